The van der Waals surface area contributed by atoms with Gasteiger partial charge in [0, 0.05) is 10.6 Å². The first-order valence-corrected chi connectivity index (χ1v) is 7.80. The first-order chi connectivity index (χ1) is 9.02. The van der Waals surface area contributed by atoms with Crippen LogP contribution in [0.3, 0.4) is 0 Å². The highest BCUT2D eigenvalue weighted by Gasteiger charge is 2.10. The summed E-state index contributed by atoms with van der Waals surface area (Å²) < 4.78 is 0.178. The molecule has 0 atom stereocenters. The highest BCUT2D eigenvalue weighted by molar-refractivity contribution is 8.03. The van der Waals surface area contributed by atoms with E-state index < -0.39 is 0 Å². The molecule has 0 saturated heterocycles. The van der Waals surface area contributed by atoms with Gasteiger partial charge in [-0.15, -0.1) is 11.8 Å². The van der Waals surface area contributed by atoms with Crippen molar-refractivity contribution in [1.29, 1.82) is 0 Å². The molecule has 1 rings (SSSR count). The van der Waals surface area contributed by atoms with Crippen LogP contribution in [0.4, 0.5) is 5.69 Å². The van der Waals surface area contributed by atoms with Gasteiger partial charge in [-0.05, 0) is 31.2 Å². The van der Waals surface area contributed by atoms with Gasteiger partial charge in [0.2, 0.25) is 5.91 Å². The first kappa shape index (κ1) is 16.4. The topological polar surface area (TPSA) is 29.1 Å². The standard InChI is InChI=1S/C14H17Cl2NOS/c1-3-8-19-12(14(15)16)9-13(18)17-11-6-4-10(2)5-7-11/h4-7H,3,8-9H2,1-2H3,(H,17,18). The monoisotopic (exact) mass is 317 g/mol. The number of carbonyl (C=O) groups excluding carboxylic acids is 1. The number of hydrogen-bond donors (Lipinski definition) is 1. The summed E-state index contributed by atoms with van der Waals surface area (Å²) in [4.78, 5) is 12.6. The zero-order valence-electron chi connectivity index (χ0n) is 11.0. The molecule has 0 aliphatic heterocycles. The Balaban J connectivity index is 2.58. The second-order valence-corrected chi connectivity index (χ2v) is 6.26. The molecule has 0 saturated carbocycles. The van der Waals surface area contributed by atoms with E-state index >= 15 is 0 Å². The van der Waals surface area contributed by atoms with Crippen LogP contribution in [-0.2, 0) is 4.79 Å². The molecule has 1 aromatic rings. The number of aryl methyl sites for hydroxylation is 1. The predicted molar refractivity (Wildman–Crippen MR) is 85.9 cm³/mol. The fraction of sp³-hybridized carbons (Fsp3) is 0.357. The molecule has 0 aromatic heterocycles. The SMILES string of the molecule is CCCSC(CC(=O)Nc1ccc(C)cc1)=C(Cl)Cl. The smallest absolute Gasteiger partial charge is 0.229 e. The lowest BCUT2D eigenvalue weighted by Crippen LogP contribution is -2.11. The minimum Gasteiger partial charge on any atom is -0.326 e. The van der Waals surface area contributed by atoms with Gasteiger partial charge in [0.15, 0.2) is 0 Å². The van der Waals surface area contributed by atoms with Gasteiger partial charge in [-0.2, -0.15) is 0 Å². The van der Waals surface area contributed by atoms with E-state index in [-0.39, 0.29) is 16.8 Å². The molecule has 19 heavy (non-hydrogen) atoms. The van der Waals surface area contributed by atoms with Gasteiger partial charge in [-0.3, -0.25) is 4.79 Å². The van der Waals surface area contributed by atoms with Crippen molar-refractivity contribution in [2.45, 2.75) is 26.7 Å². The average molecular weight is 318 g/mol. The molecule has 1 amide bonds. The molecule has 0 aliphatic carbocycles. The summed E-state index contributed by atoms with van der Waals surface area (Å²) >= 11 is 13.1. The number of benzene rings is 1. The third-order valence-electron chi connectivity index (χ3n) is 2.35. The van der Waals surface area contributed by atoms with Crippen molar-refractivity contribution < 1.29 is 4.79 Å². The maximum absolute atomic E-state index is 11.9. The molecule has 1 N–H and O–H groups in total. The lowest BCUT2D eigenvalue weighted by atomic mass is 10.2. The van der Waals surface area contributed by atoms with Crippen molar-refractivity contribution in [3.8, 4) is 0 Å². The number of carbonyl (C=O) groups is 1. The van der Waals surface area contributed by atoms with E-state index in [1.807, 2.05) is 31.2 Å². The number of rotatable bonds is 6. The van der Waals surface area contributed by atoms with Crippen LogP contribution < -0.4 is 5.32 Å². The van der Waals surface area contributed by atoms with Crippen molar-refractivity contribution in [2.75, 3.05) is 11.1 Å². The van der Waals surface area contributed by atoms with Gasteiger partial charge in [0.25, 0.3) is 0 Å². The maximum Gasteiger partial charge on any atom is 0.229 e. The Kier molecular flexibility index (Phi) is 7.36. The number of halogens is 2. The molecule has 0 radical (unpaired) electrons. The van der Waals surface area contributed by atoms with Crippen LogP contribution in [0.1, 0.15) is 25.3 Å². The molecular weight excluding hydrogens is 301 g/mol. The quantitative estimate of drug-likeness (QED) is 0.789. The van der Waals surface area contributed by atoms with Gasteiger partial charge in [-0.25, -0.2) is 0 Å². The Labute approximate surface area is 128 Å². The summed E-state index contributed by atoms with van der Waals surface area (Å²) in [6, 6.07) is 7.65. The summed E-state index contributed by atoms with van der Waals surface area (Å²) in [7, 11) is 0. The molecule has 104 valence electrons. The van der Waals surface area contributed by atoms with Crippen molar-refractivity contribution in [2.24, 2.45) is 0 Å². The zero-order valence-corrected chi connectivity index (χ0v) is 13.3. The van der Waals surface area contributed by atoms with E-state index in [1.165, 1.54) is 11.8 Å². The van der Waals surface area contributed by atoms with E-state index in [4.69, 9.17) is 23.2 Å². The van der Waals surface area contributed by atoms with Gasteiger partial charge < -0.3 is 5.32 Å². The Bertz CT molecular complexity index is 453. The fourth-order valence-electron chi connectivity index (χ4n) is 1.39. The van der Waals surface area contributed by atoms with Crippen LogP contribution >= 0.6 is 35.0 Å². The van der Waals surface area contributed by atoms with Crippen molar-refractivity contribution in [3.05, 3.63) is 39.2 Å². The van der Waals surface area contributed by atoms with Crippen LogP contribution in [-0.4, -0.2) is 11.7 Å². The Morgan fingerprint density at radius 2 is 1.89 bits per heavy atom. The van der Waals surface area contributed by atoms with Gasteiger partial charge in [0.05, 0.1) is 6.42 Å². The number of amides is 1. The Hall–Kier alpha value is -0.640. The summed E-state index contributed by atoms with van der Waals surface area (Å²) in [5, 5.41) is 2.83. The van der Waals surface area contributed by atoms with Crippen molar-refractivity contribution in [3.63, 3.8) is 0 Å². The van der Waals surface area contributed by atoms with Crippen LogP contribution in [0.2, 0.25) is 0 Å². The number of hydrogen-bond acceptors (Lipinski definition) is 2. The van der Waals surface area contributed by atoms with E-state index in [0.29, 0.717) is 0 Å². The maximum atomic E-state index is 11.9. The zero-order chi connectivity index (χ0) is 14.3. The van der Waals surface area contributed by atoms with Crippen LogP contribution in [0.5, 0.6) is 0 Å². The second kappa shape index (κ2) is 8.51. The third-order valence-corrected chi connectivity index (χ3v) is 4.34. The molecule has 0 unspecified atom stereocenters. The first-order valence-electron chi connectivity index (χ1n) is 6.06. The van der Waals surface area contributed by atoms with Gasteiger partial charge in [-0.1, -0.05) is 47.8 Å². The minimum atomic E-state index is -0.110. The average Bonchev–Trinajstić information content (AvgIpc) is 2.37. The molecule has 0 heterocycles. The van der Waals surface area contributed by atoms with Gasteiger partial charge in [0.1, 0.15) is 4.49 Å². The van der Waals surface area contributed by atoms with E-state index in [0.717, 1.165) is 28.3 Å². The third kappa shape index (κ3) is 6.37. The molecule has 2 nitrogen and oxygen atoms in total. The van der Waals surface area contributed by atoms with Crippen molar-refractivity contribution >= 4 is 46.6 Å². The van der Waals surface area contributed by atoms with E-state index in [1.54, 1.807) is 0 Å². The van der Waals surface area contributed by atoms with Crippen molar-refractivity contribution in [1.82, 2.24) is 0 Å². The summed E-state index contributed by atoms with van der Waals surface area (Å²) in [5.74, 6) is 0.789. The highest BCUT2D eigenvalue weighted by atomic mass is 35.5. The molecule has 0 aliphatic rings. The van der Waals surface area contributed by atoms with E-state index in [2.05, 4.69) is 12.2 Å². The lowest BCUT2D eigenvalue weighted by Gasteiger charge is -2.08. The van der Waals surface area contributed by atoms with Crippen LogP contribution in [0.25, 0.3) is 0 Å². The Morgan fingerprint density at radius 1 is 1.26 bits per heavy atom. The molecule has 0 spiro atoms. The lowest BCUT2D eigenvalue weighted by molar-refractivity contribution is -0.115. The largest absolute Gasteiger partial charge is 0.326 e. The van der Waals surface area contributed by atoms with Crippen LogP contribution in [0.15, 0.2) is 33.7 Å². The summed E-state index contributed by atoms with van der Waals surface area (Å²) in [6.45, 7) is 4.07. The normalized spacial score (nSPS) is 10.1. The summed E-state index contributed by atoms with van der Waals surface area (Å²) in [6.07, 6.45) is 1.22. The van der Waals surface area contributed by atoms with Crippen LogP contribution in [0, 0.1) is 6.92 Å². The molecule has 5 heteroatoms. The summed E-state index contributed by atoms with van der Waals surface area (Å²) in [5.41, 5.74) is 1.93. The minimum absolute atomic E-state index is 0.110. The second-order valence-electron chi connectivity index (χ2n) is 4.12. The molecule has 0 bridgehead atoms. The highest BCUT2D eigenvalue weighted by Crippen LogP contribution is 2.29. The van der Waals surface area contributed by atoms with E-state index in [9.17, 15) is 4.79 Å². The molecule has 1 aromatic carbocycles. The number of anilines is 1. The molecule has 0 fully saturated rings. The van der Waals surface area contributed by atoms with Gasteiger partial charge >= 0.3 is 0 Å². The predicted octanol–water partition coefficient (Wildman–Crippen LogP) is 5.11. The molecular formula is C14H17Cl2NOS. The fourth-order valence-corrected chi connectivity index (χ4v) is 2.64. The number of thioether (sulfide) groups is 1. The Morgan fingerprint density at radius 3 is 2.42 bits per heavy atom. The number of nitrogens with one attached hydrogen (secondary N) is 1.